The van der Waals surface area contributed by atoms with Crippen molar-refractivity contribution >= 4 is 21.8 Å². The first-order valence-electron chi connectivity index (χ1n) is 7.31. The largest absolute Gasteiger partial charge is 0.508 e. The molecule has 5 heteroatoms. The van der Waals surface area contributed by atoms with E-state index in [0.717, 1.165) is 27.6 Å². The summed E-state index contributed by atoms with van der Waals surface area (Å²) in [6.45, 7) is 0. The number of ether oxygens (including phenoxy) is 1. The topological polar surface area (TPSA) is 81.3 Å². The first-order chi connectivity index (χ1) is 11.2. The van der Waals surface area contributed by atoms with Crippen molar-refractivity contribution in [1.29, 1.82) is 0 Å². The Morgan fingerprint density at radius 2 is 1.78 bits per heavy atom. The van der Waals surface area contributed by atoms with Crippen LogP contribution < -0.4 is 4.74 Å². The van der Waals surface area contributed by atoms with Crippen LogP contribution >= 0.6 is 0 Å². The summed E-state index contributed by atoms with van der Waals surface area (Å²) >= 11 is 0. The maximum Gasteiger partial charge on any atom is 0.122 e. The van der Waals surface area contributed by atoms with E-state index in [1.165, 1.54) is 0 Å². The van der Waals surface area contributed by atoms with Crippen LogP contribution in [0.25, 0.3) is 21.8 Å². The summed E-state index contributed by atoms with van der Waals surface area (Å²) in [5.74, 6) is 0.788. The predicted octanol–water partition coefficient (Wildman–Crippen LogP) is 3.45. The quantitative estimate of drug-likeness (QED) is 0.468. The smallest absolute Gasteiger partial charge is 0.122 e. The van der Waals surface area contributed by atoms with Crippen molar-refractivity contribution in [3.63, 3.8) is 0 Å². The molecule has 0 bridgehead atoms. The minimum Gasteiger partial charge on any atom is -0.508 e. The van der Waals surface area contributed by atoms with Crippen LogP contribution in [0.4, 0.5) is 0 Å². The highest BCUT2D eigenvalue weighted by molar-refractivity contribution is 5.89. The van der Waals surface area contributed by atoms with E-state index >= 15 is 0 Å². The number of aromatic amines is 2. The van der Waals surface area contributed by atoms with Crippen LogP contribution in [-0.4, -0.2) is 27.3 Å². The van der Waals surface area contributed by atoms with E-state index in [-0.39, 0.29) is 5.75 Å². The molecule has 0 fully saturated rings. The van der Waals surface area contributed by atoms with Gasteiger partial charge in [-0.2, -0.15) is 0 Å². The lowest BCUT2D eigenvalue weighted by Crippen LogP contribution is -2.00. The molecule has 1 unspecified atom stereocenters. The third-order valence-corrected chi connectivity index (χ3v) is 4.24. The standard InChI is InChI=1S/C18H16N2O3/c1-23-10-2-3-15-12(8-10)13(9-20-15)18(22)17-11-6-7-19-14(11)4-5-16(17)21/h2-9,18-22H,1H3. The predicted molar refractivity (Wildman–Crippen MR) is 88.9 cm³/mol. The molecule has 0 amide bonds. The summed E-state index contributed by atoms with van der Waals surface area (Å²) in [7, 11) is 1.61. The van der Waals surface area contributed by atoms with Crippen molar-refractivity contribution in [2.75, 3.05) is 7.11 Å². The molecule has 0 aliphatic carbocycles. The van der Waals surface area contributed by atoms with Crippen LogP contribution in [0.5, 0.6) is 11.5 Å². The SMILES string of the molecule is COc1ccc2[nH]cc(C(O)c3c(O)ccc4[nH]ccc34)c2c1. The van der Waals surface area contributed by atoms with E-state index in [1.807, 2.05) is 24.3 Å². The summed E-state index contributed by atoms with van der Waals surface area (Å²) in [5.41, 5.74) is 2.96. The molecule has 0 saturated heterocycles. The van der Waals surface area contributed by atoms with Crippen LogP contribution in [-0.2, 0) is 0 Å². The molecule has 4 aromatic rings. The molecule has 2 aromatic carbocycles. The molecule has 23 heavy (non-hydrogen) atoms. The second-order valence-electron chi connectivity index (χ2n) is 5.50. The Labute approximate surface area is 132 Å². The number of methoxy groups -OCH3 is 1. The zero-order valence-corrected chi connectivity index (χ0v) is 12.5. The van der Waals surface area contributed by atoms with Gasteiger partial charge in [0.15, 0.2) is 0 Å². The molecule has 1 atom stereocenters. The number of H-pyrrole nitrogens is 2. The van der Waals surface area contributed by atoms with Crippen molar-refractivity contribution in [2.24, 2.45) is 0 Å². The second kappa shape index (κ2) is 5.07. The highest BCUT2D eigenvalue weighted by Gasteiger charge is 2.21. The third-order valence-electron chi connectivity index (χ3n) is 4.24. The monoisotopic (exact) mass is 308 g/mol. The van der Waals surface area contributed by atoms with Gasteiger partial charge in [-0.25, -0.2) is 0 Å². The average Bonchev–Trinajstić information content (AvgIpc) is 3.19. The number of phenolic OH excluding ortho intramolecular Hbond substituents is 1. The van der Waals surface area contributed by atoms with Crippen molar-refractivity contribution in [1.82, 2.24) is 9.97 Å². The maximum atomic E-state index is 10.9. The van der Waals surface area contributed by atoms with E-state index < -0.39 is 6.10 Å². The van der Waals surface area contributed by atoms with Crippen LogP contribution in [0, 0.1) is 0 Å². The van der Waals surface area contributed by atoms with E-state index in [1.54, 1.807) is 31.6 Å². The van der Waals surface area contributed by atoms with Gasteiger partial charge < -0.3 is 24.9 Å². The number of aromatic hydroxyl groups is 1. The van der Waals surface area contributed by atoms with Crippen molar-refractivity contribution < 1.29 is 14.9 Å². The number of benzene rings is 2. The minimum atomic E-state index is -0.949. The van der Waals surface area contributed by atoms with Gasteiger partial charge >= 0.3 is 0 Å². The number of rotatable bonds is 3. The van der Waals surface area contributed by atoms with Gasteiger partial charge in [-0.3, -0.25) is 0 Å². The van der Waals surface area contributed by atoms with E-state index in [4.69, 9.17) is 4.74 Å². The second-order valence-corrected chi connectivity index (χ2v) is 5.50. The number of hydrogen-bond donors (Lipinski definition) is 4. The van der Waals surface area contributed by atoms with Crippen LogP contribution in [0.2, 0.25) is 0 Å². The Morgan fingerprint density at radius 1 is 1.00 bits per heavy atom. The van der Waals surface area contributed by atoms with Crippen molar-refractivity contribution in [2.45, 2.75) is 6.10 Å². The molecular weight excluding hydrogens is 292 g/mol. The fraction of sp³-hybridized carbons (Fsp3) is 0.111. The lowest BCUT2D eigenvalue weighted by Gasteiger charge is -2.14. The molecule has 116 valence electrons. The Kier molecular flexibility index (Phi) is 3.02. The Bertz CT molecular complexity index is 1000. The van der Waals surface area contributed by atoms with Crippen LogP contribution in [0.15, 0.2) is 48.8 Å². The van der Waals surface area contributed by atoms with Gasteiger partial charge in [-0.05, 0) is 36.4 Å². The molecule has 0 aliphatic rings. The number of nitrogens with one attached hydrogen (secondary N) is 2. The summed E-state index contributed by atoms with van der Waals surface area (Å²) in [6.07, 6.45) is 2.61. The maximum absolute atomic E-state index is 10.9. The van der Waals surface area contributed by atoms with Gasteiger partial charge in [0.05, 0.1) is 7.11 Å². The zero-order valence-electron chi connectivity index (χ0n) is 12.5. The minimum absolute atomic E-state index is 0.0712. The highest BCUT2D eigenvalue weighted by atomic mass is 16.5. The molecule has 4 N–H and O–H groups in total. The summed E-state index contributed by atoms with van der Waals surface area (Å²) in [6, 6.07) is 10.9. The van der Waals surface area contributed by atoms with Gasteiger partial charge in [0.1, 0.15) is 17.6 Å². The molecule has 2 aromatic heterocycles. The van der Waals surface area contributed by atoms with Crippen molar-refractivity contribution in [3.8, 4) is 11.5 Å². The molecule has 0 saturated carbocycles. The van der Waals surface area contributed by atoms with Gasteiger partial charge in [-0.15, -0.1) is 0 Å². The first kappa shape index (κ1) is 13.7. The fourth-order valence-corrected chi connectivity index (χ4v) is 3.06. The fourth-order valence-electron chi connectivity index (χ4n) is 3.06. The number of fused-ring (bicyclic) bond motifs is 2. The molecule has 5 nitrogen and oxygen atoms in total. The molecule has 2 heterocycles. The molecular formula is C18H16N2O3. The molecule has 4 rings (SSSR count). The number of phenols is 1. The van der Waals surface area contributed by atoms with E-state index in [9.17, 15) is 10.2 Å². The Morgan fingerprint density at radius 3 is 2.61 bits per heavy atom. The normalized spacial score (nSPS) is 12.8. The number of hydrogen-bond acceptors (Lipinski definition) is 3. The van der Waals surface area contributed by atoms with Crippen LogP contribution in [0.3, 0.4) is 0 Å². The van der Waals surface area contributed by atoms with E-state index in [0.29, 0.717) is 11.1 Å². The van der Waals surface area contributed by atoms with Gasteiger partial charge in [0.25, 0.3) is 0 Å². The Hall–Kier alpha value is -2.92. The number of aliphatic hydroxyl groups excluding tert-OH is 1. The number of aromatic nitrogens is 2. The summed E-state index contributed by atoms with van der Waals surface area (Å²) in [5, 5.41) is 22.8. The summed E-state index contributed by atoms with van der Waals surface area (Å²) < 4.78 is 5.26. The Balaban J connectivity index is 1.93. The third kappa shape index (κ3) is 2.05. The molecule has 0 spiro atoms. The lowest BCUT2D eigenvalue weighted by atomic mass is 9.97. The molecule has 0 aliphatic heterocycles. The van der Waals surface area contributed by atoms with E-state index in [2.05, 4.69) is 9.97 Å². The average molecular weight is 308 g/mol. The van der Waals surface area contributed by atoms with Crippen LogP contribution in [0.1, 0.15) is 17.2 Å². The summed E-state index contributed by atoms with van der Waals surface area (Å²) in [4.78, 5) is 6.24. The zero-order chi connectivity index (χ0) is 16.0. The number of aliphatic hydroxyl groups is 1. The van der Waals surface area contributed by atoms with Crippen molar-refractivity contribution in [3.05, 3.63) is 59.9 Å². The van der Waals surface area contributed by atoms with Gasteiger partial charge in [-0.1, -0.05) is 0 Å². The molecule has 0 radical (unpaired) electrons. The van der Waals surface area contributed by atoms with Gasteiger partial charge in [0.2, 0.25) is 0 Å². The highest BCUT2D eigenvalue weighted by Crippen LogP contribution is 2.38. The van der Waals surface area contributed by atoms with Gasteiger partial charge in [0, 0.05) is 45.3 Å². The first-order valence-corrected chi connectivity index (χ1v) is 7.31. The lowest BCUT2D eigenvalue weighted by molar-refractivity contribution is 0.219.